The normalized spacial score (nSPS) is 16.9. The number of nitrogens with zero attached hydrogens (tertiary/aromatic N) is 1. The summed E-state index contributed by atoms with van der Waals surface area (Å²) in [5.41, 5.74) is 5.49. The summed E-state index contributed by atoms with van der Waals surface area (Å²) in [6.07, 6.45) is 12.0. The molecule has 0 bridgehead atoms. The Morgan fingerprint density at radius 2 is 2.20 bits per heavy atom. The summed E-state index contributed by atoms with van der Waals surface area (Å²) in [7, 11) is 0. The molecule has 1 aromatic rings. The molecule has 0 saturated carbocycles. The smallest absolute Gasteiger partial charge is 0.138 e. The zero-order chi connectivity index (χ0) is 14.4. The van der Waals surface area contributed by atoms with Gasteiger partial charge in [-0.2, -0.15) is 0 Å². The van der Waals surface area contributed by atoms with Crippen LogP contribution in [0.1, 0.15) is 57.6 Å². The van der Waals surface area contributed by atoms with Gasteiger partial charge in [-0.25, -0.2) is 0 Å². The SMILES string of the molecule is CC(C)Oc1cncc(C(CC2=CCCCC2)NN)c1. The van der Waals surface area contributed by atoms with Gasteiger partial charge in [0.25, 0.3) is 0 Å². The lowest BCUT2D eigenvalue weighted by molar-refractivity contribution is 0.241. The molecule has 0 saturated heterocycles. The van der Waals surface area contributed by atoms with E-state index in [0.29, 0.717) is 0 Å². The van der Waals surface area contributed by atoms with Gasteiger partial charge in [0, 0.05) is 6.20 Å². The van der Waals surface area contributed by atoms with E-state index in [-0.39, 0.29) is 12.1 Å². The van der Waals surface area contributed by atoms with Crippen molar-refractivity contribution < 1.29 is 4.74 Å². The number of hydrazine groups is 1. The molecule has 1 heterocycles. The van der Waals surface area contributed by atoms with Gasteiger partial charge in [0.05, 0.1) is 18.3 Å². The number of rotatable bonds is 6. The number of hydrogen-bond donors (Lipinski definition) is 2. The molecule has 1 aromatic heterocycles. The van der Waals surface area contributed by atoms with Crippen LogP contribution in [0.15, 0.2) is 30.1 Å². The molecule has 1 unspecified atom stereocenters. The van der Waals surface area contributed by atoms with E-state index in [1.165, 1.54) is 31.3 Å². The van der Waals surface area contributed by atoms with Crippen molar-refractivity contribution in [1.29, 1.82) is 0 Å². The second-order valence-corrected chi connectivity index (χ2v) is 5.65. The molecule has 110 valence electrons. The van der Waals surface area contributed by atoms with Crippen LogP contribution >= 0.6 is 0 Å². The van der Waals surface area contributed by atoms with Crippen LogP contribution in [0, 0.1) is 0 Å². The predicted molar refractivity (Wildman–Crippen MR) is 81.2 cm³/mol. The largest absolute Gasteiger partial charge is 0.489 e. The minimum Gasteiger partial charge on any atom is -0.489 e. The van der Waals surface area contributed by atoms with Crippen molar-refractivity contribution in [2.75, 3.05) is 0 Å². The molecule has 1 aliphatic rings. The predicted octanol–water partition coefficient (Wildman–Crippen LogP) is 3.26. The molecule has 0 amide bonds. The van der Waals surface area contributed by atoms with Gasteiger partial charge in [0.2, 0.25) is 0 Å². The highest BCUT2D eigenvalue weighted by Gasteiger charge is 2.15. The standard InChI is InChI=1S/C16H25N3O/c1-12(2)20-15-9-14(10-18-11-15)16(19-17)8-13-6-4-3-5-7-13/h6,9-12,16,19H,3-5,7-8,17H2,1-2H3. The number of ether oxygens (including phenoxy) is 1. The molecule has 0 radical (unpaired) electrons. The summed E-state index contributed by atoms with van der Waals surface area (Å²) in [4.78, 5) is 4.26. The van der Waals surface area contributed by atoms with Crippen LogP contribution in [0.3, 0.4) is 0 Å². The number of pyridine rings is 1. The number of hydrogen-bond acceptors (Lipinski definition) is 4. The second kappa shape index (κ2) is 7.41. The highest BCUT2D eigenvalue weighted by atomic mass is 16.5. The Balaban J connectivity index is 2.08. The fourth-order valence-corrected chi connectivity index (χ4v) is 2.59. The van der Waals surface area contributed by atoms with Gasteiger partial charge in [-0.15, -0.1) is 0 Å². The maximum absolute atomic E-state index is 5.73. The van der Waals surface area contributed by atoms with Gasteiger partial charge < -0.3 is 4.74 Å². The summed E-state index contributed by atoms with van der Waals surface area (Å²) in [5.74, 6) is 6.53. The molecule has 0 aliphatic heterocycles. The molecule has 3 N–H and O–H groups in total. The molecule has 0 fully saturated rings. The first-order valence-electron chi connectivity index (χ1n) is 7.44. The average Bonchev–Trinajstić information content (AvgIpc) is 2.45. The molecule has 4 nitrogen and oxygen atoms in total. The van der Waals surface area contributed by atoms with E-state index in [0.717, 1.165) is 17.7 Å². The second-order valence-electron chi connectivity index (χ2n) is 5.65. The fourth-order valence-electron chi connectivity index (χ4n) is 2.59. The Kier molecular flexibility index (Phi) is 5.56. The van der Waals surface area contributed by atoms with E-state index < -0.39 is 0 Å². The minimum atomic E-state index is 0.0996. The Bertz CT molecular complexity index is 457. The average molecular weight is 275 g/mol. The fraction of sp³-hybridized carbons (Fsp3) is 0.562. The van der Waals surface area contributed by atoms with Crippen molar-refractivity contribution in [2.24, 2.45) is 5.84 Å². The zero-order valence-corrected chi connectivity index (χ0v) is 12.4. The van der Waals surface area contributed by atoms with Gasteiger partial charge >= 0.3 is 0 Å². The molecule has 20 heavy (non-hydrogen) atoms. The van der Waals surface area contributed by atoms with E-state index >= 15 is 0 Å². The maximum atomic E-state index is 5.73. The van der Waals surface area contributed by atoms with Crippen molar-refractivity contribution in [3.63, 3.8) is 0 Å². The van der Waals surface area contributed by atoms with Crippen molar-refractivity contribution in [2.45, 2.75) is 58.1 Å². The van der Waals surface area contributed by atoms with Gasteiger partial charge in [-0.3, -0.25) is 16.3 Å². The Hall–Kier alpha value is -1.39. The molecule has 0 spiro atoms. The van der Waals surface area contributed by atoms with Crippen LogP contribution in [0.5, 0.6) is 5.75 Å². The Morgan fingerprint density at radius 3 is 2.85 bits per heavy atom. The first-order valence-corrected chi connectivity index (χ1v) is 7.44. The van der Waals surface area contributed by atoms with Crippen LogP contribution in [0.25, 0.3) is 0 Å². The van der Waals surface area contributed by atoms with Crippen LogP contribution < -0.4 is 16.0 Å². The van der Waals surface area contributed by atoms with E-state index in [4.69, 9.17) is 10.6 Å². The lowest BCUT2D eigenvalue weighted by atomic mass is 9.92. The quantitative estimate of drug-likeness (QED) is 0.475. The molecule has 4 heteroatoms. The van der Waals surface area contributed by atoms with Crippen molar-refractivity contribution in [3.8, 4) is 5.75 Å². The summed E-state index contributed by atoms with van der Waals surface area (Å²) < 4.78 is 5.69. The van der Waals surface area contributed by atoms with Crippen LogP contribution in [-0.2, 0) is 0 Å². The molecule has 2 rings (SSSR count). The summed E-state index contributed by atoms with van der Waals surface area (Å²) in [5, 5.41) is 0. The maximum Gasteiger partial charge on any atom is 0.138 e. The first-order chi connectivity index (χ1) is 9.69. The highest BCUT2D eigenvalue weighted by molar-refractivity contribution is 5.27. The number of allylic oxidation sites excluding steroid dienone is 1. The van der Waals surface area contributed by atoms with E-state index in [9.17, 15) is 0 Å². The third kappa shape index (κ3) is 4.32. The summed E-state index contributed by atoms with van der Waals surface area (Å²) in [6.45, 7) is 4.02. The van der Waals surface area contributed by atoms with Crippen LogP contribution in [0.4, 0.5) is 0 Å². The lowest BCUT2D eigenvalue weighted by Gasteiger charge is -2.21. The van der Waals surface area contributed by atoms with Gasteiger partial charge in [-0.05, 0) is 57.6 Å². The molecular formula is C16H25N3O. The van der Waals surface area contributed by atoms with Crippen molar-refractivity contribution in [1.82, 2.24) is 10.4 Å². The van der Waals surface area contributed by atoms with E-state index in [1.807, 2.05) is 26.1 Å². The minimum absolute atomic E-state index is 0.0996. The van der Waals surface area contributed by atoms with Gasteiger partial charge in [0.15, 0.2) is 0 Å². The highest BCUT2D eigenvalue weighted by Crippen LogP contribution is 2.28. The van der Waals surface area contributed by atoms with Crippen molar-refractivity contribution in [3.05, 3.63) is 35.7 Å². The molecule has 1 aliphatic carbocycles. The van der Waals surface area contributed by atoms with Crippen LogP contribution in [0.2, 0.25) is 0 Å². The topological polar surface area (TPSA) is 60.2 Å². The first kappa shape index (κ1) is 15.0. The molecule has 1 atom stereocenters. The Morgan fingerprint density at radius 1 is 1.35 bits per heavy atom. The third-order valence-corrected chi connectivity index (χ3v) is 3.56. The van der Waals surface area contributed by atoms with Crippen LogP contribution in [-0.4, -0.2) is 11.1 Å². The van der Waals surface area contributed by atoms with E-state index in [1.54, 1.807) is 6.20 Å². The zero-order valence-electron chi connectivity index (χ0n) is 12.4. The summed E-state index contributed by atoms with van der Waals surface area (Å²) >= 11 is 0. The van der Waals surface area contributed by atoms with Crippen molar-refractivity contribution >= 4 is 0 Å². The lowest BCUT2D eigenvalue weighted by Crippen LogP contribution is -2.28. The third-order valence-electron chi connectivity index (χ3n) is 3.56. The summed E-state index contributed by atoms with van der Waals surface area (Å²) in [6, 6.07) is 2.13. The number of nitrogens with one attached hydrogen (secondary N) is 1. The van der Waals surface area contributed by atoms with Gasteiger partial charge in [0.1, 0.15) is 5.75 Å². The number of nitrogens with two attached hydrogens (primary N) is 1. The van der Waals surface area contributed by atoms with Gasteiger partial charge in [-0.1, -0.05) is 11.6 Å². The molecular weight excluding hydrogens is 250 g/mol. The monoisotopic (exact) mass is 275 g/mol. The molecule has 0 aromatic carbocycles. The Labute approximate surface area is 121 Å². The van der Waals surface area contributed by atoms with E-state index in [2.05, 4.69) is 16.5 Å². The number of aromatic nitrogens is 1.